The number of hydrogen-bond acceptors (Lipinski definition) is 13. The molecule has 8 fully saturated rings. The van der Waals surface area contributed by atoms with E-state index in [1.807, 2.05) is 0 Å². The van der Waals surface area contributed by atoms with Gasteiger partial charge in [0.15, 0.2) is 17.5 Å². The van der Waals surface area contributed by atoms with Crippen LogP contribution in [0.4, 0.5) is 0 Å². The first-order chi connectivity index (χ1) is 19.5. The number of carbonyl (C=O) groups excluding carboxylic acids is 4. The van der Waals surface area contributed by atoms with Crippen molar-refractivity contribution in [3.63, 3.8) is 0 Å². The van der Waals surface area contributed by atoms with Crippen molar-refractivity contribution in [2.24, 2.45) is 29.1 Å². The normalized spacial score (nSPS) is 62.4. The summed E-state index contributed by atoms with van der Waals surface area (Å²) in [6.07, 6.45) is -4.93. The van der Waals surface area contributed by atoms with E-state index in [9.17, 15) is 39.6 Å². The number of Topliss-reactive ketones (excluding diaryl/α,β-unsaturated/α-hetero) is 2. The van der Waals surface area contributed by atoms with Gasteiger partial charge >= 0.3 is 11.9 Å². The third-order valence-corrected chi connectivity index (χ3v) is 12.7. The second-order valence-electron chi connectivity index (χ2n) is 14.6. The standard InChI is InChI=1S/C29H36O13/c1-11-17-19(38-20(11)34)28(37)21-24(3,22(35)25(28,4)36)14(31)8-26-9-27-13(6-5-12(26)18(33)29(21,41-17)42-26)23(2,10-30)39-15(27)7-16(32)40-27/h11-13,15,17-19,21,30,33,36-37H,5-10H2,1-4H3/t11-,12+,13-,15+,17+,18+,19-,21-,23-,24-,25-,26-,27+,28-,29+/m0/s1. The Bertz CT molecular complexity index is 1360. The smallest absolute Gasteiger partial charge is 0.311 e. The molecule has 13 nitrogen and oxygen atoms in total. The summed E-state index contributed by atoms with van der Waals surface area (Å²) in [5.74, 6) is -8.87. The van der Waals surface area contributed by atoms with Gasteiger partial charge in [-0.25, -0.2) is 0 Å². The van der Waals surface area contributed by atoms with Gasteiger partial charge in [0.25, 0.3) is 0 Å². The molecule has 6 heterocycles. The topological polar surface area (TPSA) is 195 Å². The zero-order chi connectivity index (χ0) is 30.2. The predicted octanol–water partition coefficient (Wildman–Crippen LogP) is -1.32. The van der Waals surface area contributed by atoms with Crippen LogP contribution in [0.5, 0.6) is 0 Å². The summed E-state index contributed by atoms with van der Waals surface area (Å²) >= 11 is 0. The summed E-state index contributed by atoms with van der Waals surface area (Å²) in [4.78, 5) is 54.0. The van der Waals surface area contributed by atoms with E-state index in [4.69, 9.17) is 23.7 Å². The molecular weight excluding hydrogens is 556 g/mol. The summed E-state index contributed by atoms with van der Waals surface area (Å²) in [6.45, 7) is 5.35. The van der Waals surface area contributed by atoms with Gasteiger partial charge in [0, 0.05) is 24.7 Å². The lowest BCUT2D eigenvalue weighted by molar-refractivity contribution is -0.398. The quantitative estimate of drug-likeness (QED) is 0.207. The molecule has 0 radical (unpaired) electrons. The Morgan fingerprint density at radius 2 is 1.74 bits per heavy atom. The number of rotatable bonds is 1. The van der Waals surface area contributed by atoms with Crippen molar-refractivity contribution in [2.75, 3.05) is 6.61 Å². The lowest BCUT2D eigenvalue weighted by atomic mass is 9.58. The van der Waals surface area contributed by atoms with Crippen LogP contribution >= 0.6 is 0 Å². The fourth-order valence-corrected chi connectivity index (χ4v) is 10.9. The zero-order valence-electron chi connectivity index (χ0n) is 23.8. The van der Waals surface area contributed by atoms with Crippen molar-refractivity contribution in [3.05, 3.63) is 0 Å². The number of ether oxygens (including phenoxy) is 5. The molecule has 4 N–H and O–H groups in total. The molecule has 230 valence electrons. The van der Waals surface area contributed by atoms with E-state index in [0.717, 1.165) is 6.92 Å². The number of esters is 2. The second-order valence-corrected chi connectivity index (χ2v) is 14.6. The molecule has 42 heavy (non-hydrogen) atoms. The number of hydrogen-bond donors (Lipinski definition) is 4. The van der Waals surface area contributed by atoms with Crippen molar-refractivity contribution in [2.45, 2.75) is 118 Å². The maximum absolute atomic E-state index is 14.4. The maximum Gasteiger partial charge on any atom is 0.311 e. The molecule has 0 aromatic rings. The van der Waals surface area contributed by atoms with Crippen LogP contribution in [-0.2, 0) is 42.9 Å². The molecule has 0 unspecified atom stereocenters. The van der Waals surface area contributed by atoms with Gasteiger partial charge in [0.1, 0.15) is 35.3 Å². The van der Waals surface area contributed by atoms with Crippen LogP contribution in [0, 0.1) is 29.1 Å². The van der Waals surface area contributed by atoms with Crippen molar-refractivity contribution in [1.82, 2.24) is 0 Å². The van der Waals surface area contributed by atoms with Gasteiger partial charge in [-0.1, -0.05) is 0 Å². The Balaban J connectivity index is 1.35. The number of ketones is 2. The first-order valence-corrected chi connectivity index (χ1v) is 14.8. The Kier molecular flexibility index (Phi) is 4.88. The highest BCUT2D eigenvalue weighted by molar-refractivity contribution is 6.14. The van der Waals surface area contributed by atoms with E-state index in [2.05, 4.69) is 0 Å². The molecule has 0 aromatic heterocycles. The van der Waals surface area contributed by atoms with Crippen LogP contribution in [0.3, 0.4) is 0 Å². The molecule has 2 aliphatic carbocycles. The number of fused-ring (bicyclic) bond motifs is 2. The molecule has 6 aliphatic heterocycles. The predicted molar refractivity (Wildman–Crippen MR) is 133 cm³/mol. The number of aliphatic hydroxyl groups is 4. The van der Waals surface area contributed by atoms with Gasteiger partial charge in [-0.05, 0) is 40.5 Å². The minimum Gasteiger partial charge on any atom is -0.456 e. The summed E-state index contributed by atoms with van der Waals surface area (Å²) in [5.41, 5.74) is -11.1. The van der Waals surface area contributed by atoms with Crippen molar-refractivity contribution in [1.29, 1.82) is 0 Å². The van der Waals surface area contributed by atoms with Crippen LogP contribution in [0.2, 0.25) is 0 Å². The third-order valence-electron chi connectivity index (χ3n) is 12.7. The van der Waals surface area contributed by atoms with Crippen molar-refractivity contribution in [3.8, 4) is 0 Å². The minimum atomic E-state index is -2.55. The van der Waals surface area contributed by atoms with E-state index in [-0.39, 0.29) is 25.9 Å². The first-order valence-electron chi connectivity index (χ1n) is 14.8. The minimum absolute atomic E-state index is 0.0624. The largest absolute Gasteiger partial charge is 0.456 e. The Morgan fingerprint density at radius 3 is 2.43 bits per heavy atom. The lowest BCUT2D eigenvalue weighted by Gasteiger charge is -2.56. The van der Waals surface area contributed by atoms with Crippen LogP contribution in [0.1, 0.15) is 59.8 Å². The third kappa shape index (κ3) is 2.54. The number of carbonyl (C=O) groups is 4. The molecule has 15 atom stereocenters. The molecule has 2 saturated carbocycles. The average molecular weight is 593 g/mol. The van der Waals surface area contributed by atoms with Gasteiger partial charge in [0.05, 0.1) is 41.5 Å². The van der Waals surface area contributed by atoms with Gasteiger partial charge in [-0.2, -0.15) is 0 Å². The molecular formula is C29H36O13. The lowest BCUT2D eigenvalue weighted by Crippen LogP contribution is -2.75. The van der Waals surface area contributed by atoms with E-state index < -0.39 is 117 Å². The highest BCUT2D eigenvalue weighted by atomic mass is 16.8. The monoisotopic (exact) mass is 592 g/mol. The SMILES string of the molecule is C[C@@H]1C(=O)O[C@H]2[C@@H]1O[C@]13O[C@@]4(CC(=O)[C@]5(C)C(=O)[C@](C)(O)[C@@]2(O)[C@H]51)C[C@]12OC(=O)C[C@H]1O[C@@](C)(CO)[C@@H]2CC[C@@H]4[C@H]3O. The first kappa shape index (κ1) is 27.5. The maximum atomic E-state index is 14.4. The van der Waals surface area contributed by atoms with Crippen LogP contribution in [0.15, 0.2) is 0 Å². The second kappa shape index (κ2) is 7.44. The highest BCUT2D eigenvalue weighted by Gasteiger charge is 2.91. The van der Waals surface area contributed by atoms with Gasteiger partial charge in [-0.15, -0.1) is 0 Å². The fourth-order valence-electron chi connectivity index (χ4n) is 10.9. The zero-order valence-corrected chi connectivity index (χ0v) is 23.8. The van der Waals surface area contributed by atoms with Gasteiger partial charge in [-0.3, -0.25) is 19.2 Å². The molecule has 6 saturated heterocycles. The van der Waals surface area contributed by atoms with E-state index in [1.54, 1.807) is 6.92 Å². The van der Waals surface area contributed by atoms with Gasteiger partial charge < -0.3 is 44.1 Å². The van der Waals surface area contributed by atoms with Crippen molar-refractivity contribution < 1.29 is 63.3 Å². The molecule has 0 amide bonds. The molecule has 8 rings (SSSR count). The van der Waals surface area contributed by atoms with Crippen LogP contribution < -0.4 is 0 Å². The summed E-state index contributed by atoms with van der Waals surface area (Å²) < 4.78 is 31.2. The molecule has 2 bridgehead atoms. The summed E-state index contributed by atoms with van der Waals surface area (Å²) in [5, 5.41) is 46.8. The van der Waals surface area contributed by atoms with Crippen molar-refractivity contribution >= 4 is 23.5 Å². The van der Waals surface area contributed by atoms with E-state index in [1.165, 1.54) is 13.8 Å². The molecule has 13 heteroatoms. The molecule has 8 aliphatic rings. The van der Waals surface area contributed by atoms with Gasteiger partial charge in [0.2, 0.25) is 5.79 Å². The van der Waals surface area contributed by atoms with Crippen LogP contribution in [-0.4, -0.2) is 109 Å². The molecule has 3 spiro atoms. The highest BCUT2D eigenvalue weighted by Crippen LogP contribution is 2.73. The van der Waals surface area contributed by atoms with Crippen LogP contribution in [0.25, 0.3) is 0 Å². The Labute approximate surface area is 240 Å². The summed E-state index contributed by atoms with van der Waals surface area (Å²) in [6, 6.07) is 0. The van der Waals surface area contributed by atoms with E-state index >= 15 is 0 Å². The Hall–Kier alpha value is -2.00. The molecule has 0 aromatic carbocycles. The van der Waals surface area contributed by atoms with E-state index in [0.29, 0.717) is 6.42 Å². The fraction of sp³-hybridized carbons (Fsp3) is 0.862. The Morgan fingerprint density at radius 1 is 1.02 bits per heavy atom. The average Bonchev–Trinajstić information content (AvgIpc) is 3.49. The summed E-state index contributed by atoms with van der Waals surface area (Å²) in [7, 11) is 0. The number of aliphatic hydroxyl groups excluding tert-OH is 2.